The fraction of sp³-hybridized carbons (Fsp3) is 0.250. The van der Waals surface area contributed by atoms with Gasteiger partial charge in [-0.15, -0.1) is 11.3 Å². The Labute approximate surface area is 118 Å². The summed E-state index contributed by atoms with van der Waals surface area (Å²) >= 11 is 1.15. The van der Waals surface area contributed by atoms with Gasteiger partial charge in [0.25, 0.3) is 0 Å². The molecule has 2 aromatic rings. The standard InChI is InChI=1S/C12H13N3O4S/c1-6-9(7(2)19-15-6)5-13-12(18)14-10-8(11(16)17)3-4-20-10/h3-4H,5H2,1-2H3,(H,16,17)(H2,13,14,18). The third-order valence-electron chi connectivity index (χ3n) is 2.73. The van der Waals surface area contributed by atoms with Crippen LogP contribution in [0.2, 0.25) is 0 Å². The van der Waals surface area contributed by atoms with Crippen molar-refractivity contribution in [3.05, 3.63) is 34.0 Å². The predicted molar refractivity (Wildman–Crippen MR) is 73.1 cm³/mol. The Hall–Kier alpha value is -2.35. The zero-order valence-electron chi connectivity index (χ0n) is 10.9. The second-order valence-corrected chi connectivity index (χ2v) is 5.00. The van der Waals surface area contributed by atoms with E-state index in [9.17, 15) is 9.59 Å². The Bertz CT molecular complexity index is 627. The third-order valence-corrected chi connectivity index (χ3v) is 3.56. The van der Waals surface area contributed by atoms with Gasteiger partial charge < -0.3 is 14.9 Å². The van der Waals surface area contributed by atoms with Crippen LogP contribution in [0.5, 0.6) is 0 Å². The third kappa shape index (κ3) is 2.97. The number of rotatable bonds is 4. The van der Waals surface area contributed by atoms with Crippen molar-refractivity contribution in [2.24, 2.45) is 0 Å². The number of carboxylic acid groups (broad SMARTS) is 1. The fourth-order valence-electron chi connectivity index (χ4n) is 1.64. The molecule has 0 fully saturated rings. The van der Waals surface area contributed by atoms with Gasteiger partial charge >= 0.3 is 12.0 Å². The highest BCUT2D eigenvalue weighted by Crippen LogP contribution is 2.22. The number of urea groups is 1. The molecule has 2 aromatic heterocycles. The minimum atomic E-state index is -1.08. The highest BCUT2D eigenvalue weighted by molar-refractivity contribution is 7.14. The summed E-state index contributed by atoms with van der Waals surface area (Å²) in [6.45, 7) is 3.81. The van der Waals surface area contributed by atoms with Gasteiger partial charge in [-0.2, -0.15) is 0 Å². The summed E-state index contributed by atoms with van der Waals surface area (Å²) in [6.07, 6.45) is 0. The first kappa shape index (κ1) is 14.1. The average Bonchev–Trinajstić information content (AvgIpc) is 2.95. The molecule has 106 valence electrons. The second-order valence-electron chi connectivity index (χ2n) is 4.08. The molecule has 0 atom stereocenters. The zero-order chi connectivity index (χ0) is 14.7. The summed E-state index contributed by atoms with van der Waals surface area (Å²) in [5.74, 6) is -0.433. The van der Waals surface area contributed by atoms with Crippen molar-refractivity contribution >= 4 is 28.3 Å². The van der Waals surface area contributed by atoms with Crippen LogP contribution in [0.25, 0.3) is 0 Å². The van der Waals surface area contributed by atoms with Gasteiger partial charge in [-0.05, 0) is 25.3 Å². The number of carboxylic acids is 1. The Balaban J connectivity index is 1.96. The lowest BCUT2D eigenvalue weighted by Crippen LogP contribution is -2.28. The number of hydrogen-bond acceptors (Lipinski definition) is 5. The number of anilines is 1. The number of aromatic nitrogens is 1. The highest BCUT2D eigenvalue weighted by Gasteiger charge is 2.15. The average molecular weight is 295 g/mol. The summed E-state index contributed by atoms with van der Waals surface area (Å²) in [5.41, 5.74) is 1.59. The number of thiophene rings is 1. The molecule has 0 bridgehead atoms. The van der Waals surface area contributed by atoms with Crippen molar-refractivity contribution in [2.45, 2.75) is 20.4 Å². The molecule has 0 aliphatic carbocycles. The molecule has 0 aliphatic rings. The van der Waals surface area contributed by atoms with Gasteiger partial charge in [0.2, 0.25) is 0 Å². The van der Waals surface area contributed by atoms with Crippen LogP contribution in [0.15, 0.2) is 16.0 Å². The molecule has 0 saturated carbocycles. The first-order valence-electron chi connectivity index (χ1n) is 5.76. The van der Waals surface area contributed by atoms with E-state index < -0.39 is 12.0 Å². The van der Waals surface area contributed by atoms with Crippen molar-refractivity contribution in [1.29, 1.82) is 0 Å². The first-order chi connectivity index (χ1) is 9.49. The molecule has 0 spiro atoms. The van der Waals surface area contributed by atoms with Crippen molar-refractivity contribution < 1.29 is 19.2 Å². The molecule has 7 nitrogen and oxygen atoms in total. The van der Waals surface area contributed by atoms with E-state index in [-0.39, 0.29) is 12.1 Å². The van der Waals surface area contributed by atoms with E-state index >= 15 is 0 Å². The number of nitrogens with one attached hydrogen (secondary N) is 2. The van der Waals surface area contributed by atoms with Gasteiger partial charge in [0, 0.05) is 12.1 Å². The van der Waals surface area contributed by atoms with E-state index in [1.54, 1.807) is 19.2 Å². The van der Waals surface area contributed by atoms with Crippen LogP contribution >= 0.6 is 11.3 Å². The lowest BCUT2D eigenvalue weighted by molar-refractivity contribution is 0.0698. The predicted octanol–water partition coefficient (Wildman–Crippen LogP) is 2.37. The molecule has 0 saturated heterocycles. The molecule has 0 radical (unpaired) electrons. The molecule has 2 amide bonds. The van der Waals surface area contributed by atoms with E-state index in [2.05, 4.69) is 15.8 Å². The minimum Gasteiger partial charge on any atom is -0.478 e. The van der Waals surface area contributed by atoms with Crippen molar-refractivity contribution in [3.63, 3.8) is 0 Å². The second kappa shape index (κ2) is 5.74. The number of nitrogens with zero attached hydrogens (tertiary/aromatic N) is 1. The highest BCUT2D eigenvalue weighted by atomic mass is 32.1. The van der Waals surface area contributed by atoms with Crippen LogP contribution in [0.4, 0.5) is 9.80 Å². The Morgan fingerprint density at radius 3 is 2.80 bits per heavy atom. The molecule has 2 heterocycles. The maximum absolute atomic E-state index is 11.7. The van der Waals surface area contributed by atoms with Crippen LogP contribution in [0.3, 0.4) is 0 Å². The summed E-state index contributed by atoms with van der Waals surface area (Å²) in [6, 6.07) is 0.964. The topological polar surface area (TPSA) is 104 Å². The molecule has 0 unspecified atom stereocenters. The molecular formula is C12H13N3O4S. The molecule has 0 aliphatic heterocycles. The molecule has 3 N–H and O–H groups in total. The maximum Gasteiger partial charge on any atom is 0.338 e. The SMILES string of the molecule is Cc1noc(C)c1CNC(=O)Nc1sccc1C(=O)O. The van der Waals surface area contributed by atoms with Crippen LogP contribution in [0.1, 0.15) is 27.4 Å². The summed E-state index contributed by atoms with van der Waals surface area (Å²) in [4.78, 5) is 22.7. The smallest absolute Gasteiger partial charge is 0.338 e. The van der Waals surface area contributed by atoms with Crippen LogP contribution < -0.4 is 10.6 Å². The van der Waals surface area contributed by atoms with E-state index in [1.165, 1.54) is 6.07 Å². The summed E-state index contributed by atoms with van der Waals surface area (Å²) < 4.78 is 4.99. The summed E-state index contributed by atoms with van der Waals surface area (Å²) in [7, 11) is 0. The van der Waals surface area contributed by atoms with E-state index in [1.807, 2.05) is 0 Å². The van der Waals surface area contributed by atoms with Gasteiger partial charge in [0.15, 0.2) is 0 Å². The normalized spacial score (nSPS) is 10.3. The van der Waals surface area contributed by atoms with Crippen molar-refractivity contribution in [2.75, 3.05) is 5.32 Å². The molecule has 20 heavy (non-hydrogen) atoms. The number of aryl methyl sites for hydroxylation is 2. The van der Waals surface area contributed by atoms with E-state index in [4.69, 9.17) is 9.63 Å². The lowest BCUT2D eigenvalue weighted by Gasteiger charge is -2.06. The molecule has 2 rings (SSSR count). The Kier molecular flexibility index (Phi) is 4.04. The molecule has 8 heteroatoms. The number of hydrogen-bond donors (Lipinski definition) is 3. The molecule has 0 aromatic carbocycles. The summed E-state index contributed by atoms with van der Waals surface area (Å²) in [5, 5.41) is 19.8. The van der Waals surface area contributed by atoms with Crippen LogP contribution in [-0.2, 0) is 6.54 Å². The largest absolute Gasteiger partial charge is 0.478 e. The maximum atomic E-state index is 11.7. The van der Waals surface area contributed by atoms with Crippen molar-refractivity contribution in [1.82, 2.24) is 10.5 Å². The minimum absolute atomic E-state index is 0.0717. The Morgan fingerprint density at radius 1 is 1.45 bits per heavy atom. The number of carbonyl (C=O) groups is 2. The molecular weight excluding hydrogens is 282 g/mol. The van der Waals surface area contributed by atoms with Crippen LogP contribution in [-0.4, -0.2) is 22.3 Å². The van der Waals surface area contributed by atoms with Gasteiger partial charge in [-0.3, -0.25) is 5.32 Å². The zero-order valence-corrected chi connectivity index (χ0v) is 11.7. The van der Waals surface area contributed by atoms with Gasteiger partial charge in [0.1, 0.15) is 10.8 Å². The number of amides is 2. The fourth-order valence-corrected chi connectivity index (χ4v) is 2.42. The monoisotopic (exact) mass is 295 g/mol. The number of carbonyl (C=O) groups excluding carboxylic acids is 1. The van der Waals surface area contributed by atoms with Gasteiger partial charge in [0.05, 0.1) is 11.3 Å². The van der Waals surface area contributed by atoms with Crippen molar-refractivity contribution in [3.8, 4) is 0 Å². The van der Waals surface area contributed by atoms with E-state index in [0.29, 0.717) is 16.5 Å². The van der Waals surface area contributed by atoms with Crippen LogP contribution in [0, 0.1) is 13.8 Å². The van der Waals surface area contributed by atoms with Gasteiger partial charge in [-0.25, -0.2) is 9.59 Å². The first-order valence-corrected chi connectivity index (χ1v) is 6.64. The quantitative estimate of drug-likeness (QED) is 0.803. The Morgan fingerprint density at radius 2 is 2.20 bits per heavy atom. The van der Waals surface area contributed by atoms with Gasteiger partial charge in [-0.1, -0.05) is 5.16 Å². The lowest BCUT2D eigenvalue weighted by atomic mass is 10.2. The van der Waals surface area contributed by atoms with E-state index in [0.717, 1.165) is 16.9 Å². The number of aromatic carboxylic acids is 1.